The Morgan fingerprint density at radius 2 is 1.59 bits per heavy atom. The summed E-state index contributed by atoms with van der Waals surface area (Å²) < 4.78 is 0. The molecule has 0 radical (unpaired) electrons. The van der Waals surface area contributed by atoms with E-state index in [1.54, 1.807) is 0 Å². The molecule has 6 nitrogen and oxygen atoms in total. The highest BCUT2D eigenvalue weighted by atomic mass is 16.4. The fourth-order valence-corrected chi connectivity index (χ4v) is 4.02. The zero-order chi connectivity index (χ0) is 20.2. The summed E-state index contributed by atoms with van der Waals surface area (Å²) in [6.45, 7) is 4.78. The Bertz CT molecular complexity index is 999. The van der Waals surface area contributed by atoms with Gasteiger partial charge in [0.15, 0.2) is 0 Å². The van der Waals surface area contributed by atoms with Gasteiger partial charge in [-0.3, -0.25) is 9.80 Å². The predicted octanol–water partition coefficient (Wildman–Crippen LogP) is 2.71. The number of piperazine rings is 1. The van der Waals surface area contributed by atoms with Crippen LogP contribution in [0.1, 0.15) is 15.9 Å². The number of β-amino-alcohol motifs (C(OH)–C–C–N with tert-alkyl or cyclic N) is 1. The van der Waals surface area contributed by atoms with Gasteiger partial charge in [-0.2, -0.15) is 0 Å². The Morgan fingerprint density at radius 1 is 0.931 bits per heavy atom. The van der Waals surface area contributed by atoms with Crippen LogP contribution in [0.4, 0.5) is 0 Å². The molecule has 2 heterocycles. The number of hydrogen-bond donors (Lipinski definition) is 2. The number of carboxylic acids is 1. The van der Waals surface area contributed by atoms with Gasteiger partial charge in [0.05, 0.1) is 23.4 Å². The van der Waals surface area contributed by atoms with Gasteiger partial charge < -0.3 is 10.2 Å². The third-order valence-corrected chi connectivity index (χ3v) is 5.52. The highest BCUT2D eigenvalue weighted by molar-refractivity contribution is 6.05. The average molecular weight is 391 g/mol. The van der Waals surface area contributed by atoms with E-state index in [-0.39, 0.29) is 6.61 Å². The smallest absolute Gasteiger partial charge is 0.336 e. The van der Waals surface area contributed by atoms with E-state index in [2.05, 4.69) is 9.80 Å². The molecule has 1 fully saturated rings. The van der Waals surface area contributed by atoms with Gasteiger partial charge >= 0.3 is 5.97 Å². The SMILES string of the molecule is O=C(O)c1c(CN2CCN(CCO)CC2)c(-c2ccccc2)nc2ccccc12. The van der Waals surface area contributed by atoms with Gasteiger partial charge in [-0.05, 0) is 6.07 Å². The normalized spacial score (nSPS) is 15.6. The summed E-state index contributed by atoms with van der Waals surface area (Å²) in [5.74, 6) is -0.922. The van der Waals surface area contributed by atoms with E-state index >= 15 is 0 Å². The van der Waals surface area contributed by atoms with Crippen molar-refractivity contribution in [3.05, 3.63) is 65.7 Å². The largest absolute Gasteiger partial charge is 0.478 e. The zero-order valence-electron chi connectivity index (χ0n) is 16.3. The molecule has 0 bridgehead atoms. The Hall–Kier alpha value is -2.80. The van der Waals surface area contributed by atoms with E-state index in [9.17, 15) is 9.90 Å². The molecule has 4 rings (SSSR count). The number of hydrogen-bond acceptors (Lipinski definition) is 5. The van der Waals surface area contributed by atoms with Gasteiger partial charge in [0.25, 0.3) is 0 Å². The number of para-hydroxylation sites is 1. The van der Waals surface area contributed by atoms with Crippen LogP contribution in [0.2, 0.25) is 0 Å². The lowest BCUT2D eigenvalue weighted by Gasteiger charge is -2.35. The van der Waals surface area contributed by atoms with Crippen LogP contribution in [0.3, 0.4) is 0 Å². The van der Waals surface area contributed by atoms with Crippen molar-refractivity contribution in [3.8, 4) is 11.3 Å². The van der Waals surface area contributed by atoms with E-state index in [1.165, 1.54) is 0 Å². The number of pyridine rings is 1. The van der Waals surface area contributed by atoms with Crippen molar-refractivity contribution >= 4 is 16.9 Å². The van der Waals surface area contributed by atoms with Crippen LogP contribution in [-0.4, -0.2) is 70.3 Å². The van der Waals surface area contributed by atoms with E-state index in [4.69, 9.17) is 10.1 Å². The lowest BCUT2D eigenvalue weighted by Crippen LogP contribution is -2.46. The Labute approximate surface area is 170 Å². The lowest BCUT2D eigenvalue weighted by atomic mass is 9.96. The van der Waals surface area contributed by atoms with Crippen molar-refractivity contribution in [2.45, 2.75) is 6.54 Å². The number of aliphatic hydroxyl groups is 1. The van der Waals surface area contributed by atoms with Gasteiger partial charge in [-0.1, -0.05) is 48.5 Å². The van der Waals surface area contributed by atoms with Crippen molar-refractivity contribution in [3.63, 3.8) is 0 Å². The second kappa shape index (κ2) is 8.69. The minimum atomic E-state index is -0.922. The van der Waals surface area contributed by atoms with Gasteiger partial charge in [-0.15, -0.1) is 0 Å². The first-order valence-electron chi connectivity index (χ1n) is 9.93. The standard InChI is InChI=1S/C23H25N3O3/c27-15-14-25-10-12-26(13-11-25)16-19-21(23(28)29)18-8-4-5-9-20(18)24-22(19)17-6-2-1-3-7-17/h1-9,27H,10-16H2,(H,28,29). The average Bonchev–Trinajstić information content (AvgIpc) is 2.75. The number of fused-ring (bicyclic) bond motifs is 1. The molecule has 0 unspecified atom stereocenters. The number of benzene rings is 2. The number of carbonyl (C=O) groups is 1. The summed E-state index contributed by atoms with van der Waals surface area (Å²) in [5, 5.41) is 19.9. The molecule has 1 saturated heterocycles. The second-order valence-electron chi connectivity index (χ2n) is 7.34. The first-order valence-corrected chi connectivity index (χ1v) is 9.93. The molecule has 6 heteroatoms. The molecule has 1 aliphatic heterocycles. The van der Waals surface area contributed by atoms with Crippen LogP contribution in [-0.2, 0) is 6.54 Å². The monoisotopic (exact) mass is 391 g/mol. The third-order valence-electron chi connectivity index (χ3n) is 5.52. The highest BCUT2D eigenvalue weighted by Crippen LogP contribution is 2.31. The summed E-state index contributed by atoms with van der Waals surface area (Å²) >= 11 is 0. The quantitative estimate of drug-likeness (QED) is 0.673. The molecule has 0 amide bonds. The topological polar surface area (TPSA) is 76.9 Å². The number of aliphatic hydroxyl groups excluding tert-OH is 1. The summed E-state index contributed by atoms with van der Waals surface area (Å²) in [6, 6.07) is 17.2. The molecule has 2 aromatic carbocycles. The van der Waals surface area contributed by atoms with Crippen molar-refractivity contribution in [1.29, 1.82) is 0 Å². The number of aromatic carboxylic acids is 1. The fourth-order valence-electron chi connectivity index (χ4n) is 4.02. The van der Waals surface area contributed by atoms with E-state index < -0.39 is 5.97 Å². The van der Waals surface area contributed by atoms with Gasteiger partial charge in [0.2, 0.25) is 0 Å². The van der Waals surface area contributed by atoms with Gasteiger partial charge in [0, 0.05) is 55.8 Å². The second-order valence-corrected chi connectivity index (χ2v) is 7.34. The summed E-state index contributed by atoms with van der Waals surface area (Å²) in [7, 11) is 0. The fraction of sp³-hybridized carbons (Fsp3) is 0.304. The van der Waals surface area contributed by atoms with E-state index in [0.717, 1.165) is 43.0 Å². The molecule has 29 heavy (non-hydrogen) atoms. The molecule has 0 spiro atoms. The molecule has 0 atom stereocenters. The van der Waals surface area contributed by atoms with Crippen molar-refractivity contribution < 1.29 is 15.0 Å². The first-order chi connectivity index (χ1) is 14.2. The van der Waals surface area contributed by atoms with Crippen molar-refractivity contribution in [2.24, 2.45) is 0 Å². The highest BCUT2D eigenvalue weighted by Gasteiger charge is 2.24. The maximum atomic E-state index is 12.3. The van der Waals surface area contributed by atoms with Gasteiger partial charge in [-0.25, -0.2) is 9.78 Å². The van der Waals surface area contributed by atoms with E-state index in [0.29, 0.717) is 29.6 Å². The first kappa shape index (κ1) is 19.5. The minimum Gasteiger partial charge on any atom is -0.478 e. The Kier molecular flexibility index (Phi) is 5.85. The molecule has 1 aromatic heterocycles. The maximum Gasteiger partial charge on any atom is 0.336 e. The molecule has 1 aliphatic rings. The van der Waals surface area contributed by atoms with Crippen LogP contribution in [0.5, 0.6) is 0 Å². The number of aromatic nitrogens is 1. The zero-order valence-corrected chi connectivity index (χ0v) is 16.3. The predicted molar refractivity (Wildman–Crippen MR) is 113 cm³/mol. The molecular weight excluding hydrogens is 366 g/mol. The molecule has 2 N–H and O–H groups in total. The van der Waals surface area contributed by atoms with Crippen LogP contribution in [0, 0.1) is 0 Å². The van der Waals surface area contributed by atoms with Crippen LogP contribution in [0.15, 0.2) is 54.6 Å². The Balaban J connectivity index is 1.78. The minimum absolute atomic E-state index is 0.163. The van der Waals surface area contributed by atoms with Crippen molar-refractivity contribution in [2.75, 3.05) is 39.3 Å². The molecule has 150 valence electrons. The summed E-state index contributed by atoms with van der Waals surface area (Å²) in [4.78, 5) is 21.7. The lowest BCUT2D eigenvalue weighted by molar-refractivity contribution is 0.0694. The summed E-state index contributed by atoms with van der Waals surface area (Å²) in [5.41, 5.74) is 3.46. The van der Waals surface area contributed by atoms with Crippen LogP contribution < -0.4 is 0 Å². The van der Waals surface area contributed by atoms with Gasteiger partial charge in [0.1, 0.15) is 0 Å². The third kappa shape index (κ3) is 4.15. The van der Waals surface area contributed by atoms with Crippen LogP contribution >= 0.6 is 0 Å². The van der Waals surface area contributed by atoms with Crippen LogP contribution in [0.25, 0.3) is 22.2 Å². The maximum absolute atomic E-state index is 12.3. The molecule has 3 aromatic rings. The molecule has 0 aliphatic carbocycles. The number of rotatable bonds is 6. The number of carboxylic acid groups (broad SMARTS) is 1. The van der Waals surface area contributed by atoms with Crippen molar-refractivity contribution in [1.82, 2.24) is 14.8 Å². The molecule has 0 saturated carbocycles. The Morgan fingerprint density at radius 3 is 2.28 bits per heavy atom. The number of nitrogens with zero attached hydrogens (tertiary/aromatic N) is 3. The summed E-state index contributed by atoms with van der Waals surface area (Å²) in [6.07, 6.45) is 0. The van der Waals surface area contributed by atoms with E-state index in [1.807, 2.05) is 54.6 Å². The molecular formula is C23H25N3O3.